The summed E-state index contributed by atoms with van der Waals surface area (Å²) in [6, 6.07) is 17.2. The predicted molar refractivity (Wildman–Crippen MR) is 120 cm³/mol. The van der Waals surface area contributed by atoms with Crippen LogP contribution in [0.15, 0.2) is 64.8 Å². The number of aliphatic hydroxyl groups excluding tert-OH is 1. The number of likely N-dealkylation sites (N-methyl/N-ethyl adjacent to an activating group) is 1. The lowest BCUT2D eigenvalue weighted by Crippen LogP contribution is -2.26. The maximum Gasteiger partial charge on any atom is 0.260 e. The number of nitrogens with zero attached hydrogens (tertiary/aromatic N) is 2. The van der Waals surface area contributed by atoms with Crippen LogP contribution >= 0.6 is 11.3 Å². The van der Waals surface area contributed by atoms with E-state index in [0.717, 1.165) is 22.4 Å². The molecule has 0 saturated carbocycles. The number of aliphatic hydroxyl groups is 1. The molecular weight excluding hydrogens is 398 g/mol. The van der Waals surface area contributed by atoms with Gasteiger partial charge in [0.1, 0.15) is 16.4 Å². The largest absolute Gasteiger partial charge is 0.497 e. The molecule has 6 nitrogen and oxygen atoms in total. The first kappa shape index (κ1) is 20.3. The second-order valence-corrected chi connectivity index (χ2v) is 8.06. The van der Waals surface area contributed by atoms with Crippen LogP contribution in [0.4, 0.5) is 0 Å². The number of benzene rings is 2. The molecule has 7 heteroatoms. The van der Waals surface area contributed by atoms with E-state index in [1.807, 2.05) is 71.9 Å². The Kier molecular flexibility index (Phi) is 5.94. The normalized spacial score (nSPS) is 12.4. The molecule has 4 aromatic rings. The van der Waals surface area contributed by atoms with Crippen LogP contribution in [-0.4, -0.2) is 40.7 Å². The van der Waals surface area contributed by atoms with Crippen LogP contribution in [0.5, 0.6) is 5.75 Å². The van der Waals surface area contributed by atoms with Crippen molar-refractivity contribution in [1.82, 2.24) is 14.9 Å². The average Bonchev–Trinajstić information content (AvgIpc) is 3.19. The summed E-state index contributed by atoms with van der Waals surface area (Å²) in [6.45, 7) is 0.868. The molecule has 154 valence electrons. The van der Waals surface area contributed by atoms with Gasteiger partial charge in [-0.3, -0.25) is 9.69 Å². The van der Waals surface area contributed by atoms with Gasteiger partial charge in [-0.05, 0) is 30.3 Å². The third-order valence-electron chi connectivity index (χ3n) is 4.96. The number of thiophene rings is 1. The van der Waals surface area contributed by atoms with E-state index >= 15 is 0 Å². The van der Waals surface area contributed by atoms with Gasteiger partial charge in [-0.15, -0.1) is 11.3 Å². The number of aromatic amines is 1. The van der Waals surface area contributed by atoms with E-state index in [4.69, 9.17) is 4.74 Å². The number of rotatable bonds is 7. The number of H-pyrrole nitrogens is 1. The zero-order chi connectivity index (χ0) is 21.1. The number of aromatic nitrogens is 2. The quantitative estimate of drug-likeness (QED) is 0.474. The topological polar surface area (TPSA) is 78.5 Å². The molecule has 2 heterocycles. The Balaban J connectivity index is 1.56. The van der Waals surface area contributed by atoms with Gasteiger partial charge in [0, 0.05) is 17.5 Å². The standard InChI is InChI=1S/C23H23N3O3S/c1-26(12-19(27)15-7-4-3-5-8-15)13-20-24-22(28)21-18(14-30-23(21)25-20)16-9-6-10-17(11-16)29-2/h3-11,14,19,27H,12-13H2,1-2H3,(H,24,25,28). The van der Waals surface area contributed by atoms with Crippen molar-refractivity contribution in [2.24, 2.45) is 0 Å². The molecule has 1 unspecified atom stereocenters. The summed E-state index contributed by atoms with van der Waals surface area (Å²) < 4.78 is 5.30. The first-order valence-electron chi connectivity index (χ1n) is 9.61. The number of ether oxygens (including phenoxy) is 1. The minimum absolute atomic E-state index is 0.161. The average molecular weight is 422 g/mol. The van der Waals surface area contributed by atoms with E-state index in [1.165, 1.54) is 11.3 Å². The lowest BCUT2D eigenvalue weighted by molar-refractivity contribution is 0.122. The van der Waals surface area contributed by atoms with Crippen LogP contribution in [0.3, 0.4) is 0 Å². The van der Waals surface area contributed by atoms with E-state index in [9.17, 15) is 9.90 Å². The predicted octanol–water partition coefficient (Wildman–Crippen LogP) is 3.83. The highest BCUT2D eigenvalue weighted by molar-refractivity contribution is 7.17. The Hall–Kier alpha value is -3.00. The van der Waals surface area contributed by atoms with Crippen molar-refractivity contribution in [2.75, 3.05) is 20.7 Å². The van der Waals surface area contributed by atoms with Crippen molar-refractivity contribution in [3.05, 3.63) is 81.7 Å². The molecule has 0 aliphatic heterocycles. The smallest absolute Gasteiger partial charge is 0.260 e. The van der Waals surface area contributed by atoms with Crippen molar-refractivity contribution >= 4 is 21.6 Å². The van der Waals surface area contributed by atoms with Crippen LogP contribution in [0, 0.1) is 0 Å². The van der Waals surface area contributed by atoms with Gasteiger partial charge in [0.15, 0.2) is 0 Å². The Labute approximate surface area is 178 Å². The zero-order valence-corrected chi connectivity index (χ0v) is 17.6. The Bertz CT molecular complexity index is 1200. The number of methoxy groups -OCH3 is 1. The lowest BCUT2D eigenvalue weighted by Gasteiger charge is -2.20. The van der Waals surface area contributed by atoms with Gasteiger partial charge in [0.05, 0.1) is 25.1 Å². The van der Waals surface area contributed by atoms with Crippen molar-refractivity contribution < 1.29 is 9.84 Å². The summed E-state index contributed by atoms with van der Waals surface area (Å²) in [4.78, 5) is 23.0. The second kappa shape index (κ2) is 8.79. The Morgan fingerprint density at radius 1 is 1.20 bits per heavy atom. The number of nitrogens with one attached hydrogen (secondary N) is 1. The van der Waals surface area contributed by atoms with E-state index in [0.29, 0.717) is 29.1 Å². The molecule has 0 saturated heterocycles. The molecule has 4 rings (SSSR count). The van der Waals surface area contributed by atoms with Crippen LogP contribution in [-0.2, 0) is 6.54 Å². The maximum absolute atomic E-state index is 12.8. The molecule has 0 amide bonds. The molecule has 0 bridgehead atoms. The summed E-state index contributed by atoms with van der Waals surface area (Å²) in [5.41, 5.74) is 2.47. The highest BCUT2D eigenvalue weighted by atomic mass is 32.1. The minimum atomic E-state index is -0.604. The van der Waals surface area contributed by atoms with Gasteiger partial charge in [0.2, 0.25) is 0 Å². The third-order valence-corrected chi connectivity index (χ3v) is 5.83. The molecule has 2 N–H and O–H groups in total. The van der Waals surface area contributed by atoms with Gasteiger partial charge in [-0.25, -0.2) is 4.98 Å². The summed E-state index contributed by atoms with van der Waals surface area (Å²) in [5.74, 6) is 1.32. The molecule has 30 heavy (non-hydrogen) atoms. The van der Waals surface area contributed by atoms with Crippen molar-refractivity contribution in [3.63, 3.8) is 0 Å². The maximum atomic E-state index is 12.8. The van der Waals surface area contributed by atoms with Crippen molar-refractivity contribution in [2.45, 2.75) is 12.6 Å². The van der Waals surface area contributed by atoms with Crippen LogP contribution in [0.2, 0.25) is 0 Å². The van der Waals surface area contributed by atoms with Crippen molar-refractivity contribution in [3.8, 4) is 16.9 Å². The van der Waals surface area contributed by atoms with Crippen LogP contribution < -0.4 is 10.3 Å². The molecule has 0 aliphatic rings. The monoisotopic (exact) mass is 421 g/mol. The fraction of sp³-hybridized carbons (Fsp3) is 0.217. The van der Waals surface area contributed by atoms with E-state index in [1.54, 1.807) is 7.11 Å². The fourth-order valence-electron chi connectivity index (χ4n) is 3.47. The van der Waals surface area contributed by atoms with Gasteiger partial charge in [-0.1, -0.05) is 42.5 Å². The zero-order valence-electron chi connectivity index (χ0n) is 16.8. The fourth-order valence-corrected chi connectivity index (χ4v) is 4.43. The molecule has 2 aromatic heterocycles. The first-order valence-corrected chi connectivity index (χ1v) is 10.5. The molecule has 1 atom stereocenters. The Morgan fingerprint density at radius 2 is 2.00 bits per heavy atom. The highest BCUT2D eigenvalue weighted by Gasteiger charge is 2.16. The summed E-state index contributed by atoms with van der Waals surface area (Å²) >= 11 is 1.45. The molecule has 2 aromatic carbocycles. The van der Waals surface area contributed by atoms with Crippen molar-refractivity contribution in [1.29, 1.82) is 0 Å². The Morgan fingerprint density at radius 3 is 2.77 bits per heavy atom. The van der Waals surface area contributed by atoms with Gasteiger partial charge in [-0.2, -0.15) is 0 Å². The van der Waals surface area contributed by atoms with Gasteiger partial charge >= 0.3 is 0 Å². The molecule has 0 radical (unpaired) electrons. The molecule has 0 spiro atoms. The highest BCUT2D eigenvalue weighted by Crippen LogP contribution is 2.32. The van der Waals surface area contributed by atoms with E-state index < -0.39 is 6.10 Å². The van der Waals surface area contributed by atoms with Gasteiger partial charge < -0.3 is 14.8 Å². The minimum Gasteiger partial charge on any atom is -0.497 e. The van der Waals surface area contributed by atoms with E-state index in [-0.39, 0.29) is 5.56 Å². The lowest BCUT2D eigenvalue weighted by atomic mass is 10.1. The molecule has 0 aliphatic carbocycles. The summed E-state index contributed by atoms with van der Waals surface area (Å²) in [7, 11) is 3.52. The van der Waals surface area contributed by atoms with Crippen LogP contribution in [0.1, 0.15) is 17.5 Å². The van der Waals surface area contributed by atoms with Crippen LogP contribution in [0.25, 0.3) is 21.3 Å². The summed E-state index contributed by atoms with van der Waals surface area (Å²) in [6.07, 6.45) is -0.604. The number of hydrogen-bond acceptors (Lipinski definition) is 6. The summed E-state index contributed by atoms with van der Waals surface area (Å²) in [5, 5.41) is 13.0. The SMILES string of the molecule is COc1cccc(-c2csc3nc(CN(C)CC(O)c4ccccc4)[nH]c(=O)c23)c1. The van der Waals surface area contributed by atoms with Gasteiger partial charge in [0.25, 0.3) is 5.56 Å². The first-order chi connectivity index (χ1) is 14.5. The molecule has 0 fully saturated rings. The number of hydrogen-bond donors (Lipinski definition) is 2. The molecular formula is C23H23N3O3S. The second-order valence-electron chi connectivity index (χ2n) is 7.20. The van der Waals surface area contributed by atoms with E-state index in [2.05, 4.69) is 9.97 Å². The number of fused-ring (bicyclic) bond motifs is 1. The third kappa shape index (κ3) is 4.28.